The van der Waals surface area contributed by atoms with Crippen LogP contribution in [-0.4, -0.2) is 53.7 Å². The molecular weight excluding hydrogens is 360 g/mol. The molecule has 3 N–H and O–H groups in total. The van der Waals surface area contributed by atoms with Crippen LogP contribution in [0.3, 0.4) is 0 Å². The van der Waals surface area contributed by atoms with E-state index in [2.05, 4.69) is 40.4 Å². The van der Waals surface area contributed by atoms with Crippen molar-refractivity contribution >= 4 is 23.6 Å². The van der Waals surface area contributed by atoms with Gasteiger partial charge in [0.25, 0.3) is 0 Å². The fourth-order valence-corrected chi connectivity index (χ4v) is 4.94. The summed E-state index contributed by atoms with van der Waals surface area (Å²) < 4.78 is 0. The van der Waals surface area contributed by atoms with E-state index in [4.69, 9.17) is 0 Å². The van der Waals surface area contributed by atoms with Crippen molar-refractivity contribution in [1.82, 2.24) is 21.1 Å². The van der Waals surface area contributed by atoms with Gasteiger partial charge in [0.2, 0.25) is 11.8 Å². The molecular formula is C20H30N4O2S. The number of nitrogens with zero attached hydrogens (tertiary/aromatic N) is 1. The first-order chi connectivity index (χ1) is 13.0. The molecule has 2 amide bonds. The van der Waals surface area contributed by atoms with Gasteiger partial charge in [0.05, 0.1) is 0 Å². The van der Waals surface area contributed by atoms with Crippen LogP contribution < -0.4 is 16.2 Å². The molecule has 4 unspecified atom stereocenters. The average molecular weight is 391 g/mol. The van der Waals surface area contributed by atoms with Crippen LogP contribution in [0.5, 0.6) is 0 Å². The fourth-order valence-electron chi connectivity index (χ4n) is 3.89. The van der Waals surface area contributed by atoms with Crippen molar-refractivity contribution in [1.29, 1.82) is 0 Å². The zero-order valence-corrected chi connectivity index (χ0v) is 17.1. The van der Waals surface area contributed by atoms with E-state index in [0.717, 1.165) is 25.3 Å². The van der Waals surface area contributed by atoms with Crippen molar-refractivity contribution < 1.29 is 9.59 Å². The third-order valence-electron chi connectivity index (χ3n) is 5.40. The Morgan fingerprint density at radius 2 is 2.00 bits per heavy atom. The SMILES string of the molecule is CC(=O)NC(C(=O)N1CCC2NNC(CSc3ccccc3)C2C1)C(C)C. The topological polar surface area (TPSA) is 73.5 Å². The Morgan fingerprint density at radius 1 is 1.26 bits per heavy atom. The summed E-state index contributed by atoms with van der Waals surface area (Å²) in [6.45, 7) is 6.88. The second kappa shape index (κ2) is 9.08. The Kier molecular flexibility index (Phi) is 6.78. The van der Waals surface area contributed by atoms with E-state index >= 15 is 0 Å². The zero-order valence-electron chi connectivity index (χ0n) is 16.3. The van der Waals surface area contributed by atoms with Crippen molar-refractivity contribution in [3.05, 3.63) is 30.3 Å². The molecule has 7 heteroatoms. The van der Waals surface area contributed by atoms with Gasteiger partial charge in [-0.15, -0.1) is 11.8 Å². The summed E-state index contributed by atoms with van der Waals surface area (Å²) in [5.74, 6) is 1.30. The molecule has 6 nitrogen and oxygen atoms in total. The van der Waals surface area contributed by atoms with Gasteiger partial charge in [0, 0.05) is 48.7 Å². The summed E-state index contributed by atoms with van der Waals surface area (Å²) in [6.07, 6.45) is 0.931. The molecule has 148 valence electrons. The third-order valence-corrected chi connectivity index (χ3v) is 6.54. The fraction of sp³-hybridized carbons (Fsp3) is 0.600. The summed E-state index contributed by atoms with van der Waals surface area (Å²) in [6, 6.07) is 10.7. The van der Waals surface area contributed by atoms with Gasteiger partial charge in [-0.25, -0.2) is 0 Å². The van der Waals surface area contributed by atoms with E-state index < -0.39 is 6.04 Å². The molecule has 2 heterocycles. The largest absolute Gasteiger partial charge is 0.344 e. The summed E-state index contributed by atoms with van der Waals surface area (Å²) in [5, 5.41) is 2.83. The Morgan fingerprint density at radius 3 is 2.67 bits per heavy atom. The average Bonchev–Trinajstić information content (AvgIpc) is 3.06. The molecule has 2 saturated heterocycles. The van der Waals surface area contributed by atoms with Gasteiger partial charge in [-0.05, 0) is 24.5 Å². The number of rotatable bonds is 6. The number of thioether (sulfide) groups is 1. The molecule has 2 aliphatic heterocycles. The normalized spacial score (nSPS) is 25.9. The van der Waals surface area contributed by atoms with E-state index in [1.807, 2.05) is 36.6 Å². The highest BCUT2D eigenvalue weighted by atomic mass is 32.2. The quantitative estimate of drug-likeness (QED) is 0.644. The van der Waals surface area contributed by atoms with Crippen LogP contribution in [0.25, 0.3) is 0 Å². The highest BCUT2D eigenvalue weighted by Crippen LogP contribution is 2.29. The summed E-state index contributed by atoms with van der Waals surface area (Å²) in [5.41, 5.74) is 6.85. The lowest BCUT2D eigenvalue weighted by Crippen LogP contribution is -2.56. The number of likely N-dealkylation sites (tertiary alicyclic amines) is 1. The van der Waals surface area contributed by atoms with E-state index in [-0.39, 0.29) is 17.7 Å². The Hall–Kier alpha value is -1.57. The third kappa shape index (κ3) is 5.03. The predicted molar refractivity (Wildman–Crippen MR) is 108 cm³/mol. The van der Waals surface area contributed by atoms with Crippen LogP contribution in [0.15, 0.2) is 35.2 Å². The molecule has 0 spiro atoms. The zero-order chi connectivity index (χ0) is 19.4. The van der Waals surface area contributed by atoms with E-state index in [9.17, 15) is 9.59 Å². The highest BCUT2D eigenvalue weighted by Gasteiger charge is 2.42. The van der Waals surface area contributed by atoms with Crippen molar-refractivity contribution in [2.24, 2.45) is 11.8 Å². The Bertz CT molecular complexity index is 655. The van der Waals surface area contributed by atoms with Gasteiger partial charge >= 0.3 is 0 Å². The number of benzene rings is 1. The number of hydrazine groups is 1. The first-order valence-corrected chi connectivity index (χ1v) is 10.7. The number of hydrogen-bond acceptors (Lipinski definition) is 5. The maximum absolute atomic E-state index is 13.0. The van der Waals surface area contributed by atoms with Crippen LogP contribution in [0, 0.1) is 11.8 Å². The summed E-state index contributed by atoms with van der Waals surface area (Å²) >= 11 is 1.84. The second-order valence-corrected chi connectivity index (χ2v) is 8.88. The van der Waals surface area contributed by atoms with Crippen molar-refractivity contribution in [2.75, 3.05) is 18.8 Å². The number of amides is 2. The van der Waals surface area contributed by atoms with Crippen LogP contribution in [0.2, 0.25) is 0 Å². The number of fused-ring (bicyclic) bond motifs is 1. The molecule has 0 aromatic heterocycles. The number of nitrogens with one attached hydrogen (secondary N) is 3. The Labute approximate surface area is 165 Å². The van der Waals surface area contributed by atoms with Crippen LogP contribution >= 0.6 is 11.8 Å². The van der Waals surface area contributed by atoms with Gasteiger partial charge in [-0.3, -0.25) is 20.4 Å². The molecule has 1 aromatic carbocycles. The van der Waals surface area contributed by atoms with Crippen molar-refractivity contribution in [2.45, 2.75) is 50.2 Å². The van der Waals surface area contributed by atoms with Gasteiger partial charge < -0.3 is 10.2 Å². The standard InChI is InChI=1S/C20H30N4O2S/c1-13(2)19(21-14(3)25)20(26)24-10-9-17-16(11-24)18(23-22-17)12-27-15-7-5-4-6-8-15/h4-8,13,16-19,22-23H,9-12H2,1-3H3,(H,21,25). The number of hydrogen-bond donors (Lipinski definition) is 3. The Balaban J connectivity index is 1.61. The molecule has 3 rings (SSSR count). The molecule has 0 bridgehead atoms. The maximum atomic E-state index is 13.0. The first kappa shape index (κ1) is 20.2. The van der Waals surface area contributed by atoms with Crippen LogP contribution in [-0.2, 0) is 9.59 Å². The lowest BCUT2D eigenvalue weighted by Gasteiger charge is -2.38. The van der Waals surface area contributed by atoms with Gasteiger partial charge in [0.1, 0.15) is 6.04 Å². The first-order valence-electron chi connectivity index (χ1n) is 9.70. The van der Waals surface area contributed by atoms with E-state index in [1.54, 1.807) is 0 Å². The summed E-state index contributed by atoms with van der Waals surface area (Å²) in [7, 11) is 0. The molecule has 2 aliphatic rings. The summed E-state index contributed by atoms with van der Waals surface area (Å²) in [4.78, 5) is 27.7. The molecule has 4 atom stereocenters. The molecule has 0 radical (unpaired) electrons. The van der Waals surface area contributed by atoms with Crippen molar-refractivity contribution in [3.8, 4) is 0 Å². The minimum absolute atomic E-state index is 0.0417. The highest BCUT2D eigenvalue weighted by molar-refractivity contribution is 7.99. The number of carbonyl (C=O) groups excluding carboxylic acids is 2. The molecule has 2 fully saturated rings. The minimum Gasteiger partial charge on any atom is -0.344 e. The molecule has 1 aromatic rings. The van der Waals surface area contributed by atoms with Gasteiger partial charge in [-0.1, -0.05) is 32.0 Å². The molecule has 27 heavy (non-hydrogen) atoms. The van der Waals surface area contributed by atoms with Gasteiger partial charge in [-0.2, -0.15) is 0 Å². The number of carbonyl (C=O) groups is 2. The van der Waals surface area contributed by atoms with E-state index in [0.29, 0.717) is 18.0 Å². The second-order valence-electron chi connectivity index (χ2n) is 7.78. The van der Waals surface area contributed by atoms with Crippen LogP contribution in [0.4, 0.5) is 0 Å². The van der Waals surface area contributed by atoms with E-state index in [1.165, 1.54) is 11.8 Å². The lowest BCUT2D eigenvalue weighted by molar-refractivity contribution is -0.139. The molecule has 0 aliphatic carbocycles. The minimum atomic E-state index is -0.446. The van der Waals surface area contributed by atoms with Gasteiger partial charge in [0.15, 0.2) is 0 Å². The smallest absolute Gasteiger partial charge is 0.245 e. The predicted octanol–water partition coefficient (Wildman–Crippen LogP) is 1.63. The molecule has 0 saturated carbocycles. The van der Waals surface area contributed by atoms with Crippen LogP contribution in [0.1, 0.15) is 27.2 Å². The monoisotopic (exact) mass is 390 g/mol. The maximum Gasteiger partial charge on any atom is 0.245 e. The number of piperidine rings is 1. The lowest BCUT2D eigenvalue weighted by atomic mass is 9.88. The van der Waals surface area contributed by atoms with Crippen molar-refractivity contribution in [3.63, 3.8) is 0 Å².